The Kier molecular flexibility index (Phi) is 3.60. The number of hydrogen-bond acceptors (Lipinski definition) is 4. The molecule has 1 aromatic rings. The van der Waals surface area contributed by atoms with E-state index in [1.807, 2.05) is 10.8 Å². The SMILES string of the molecule is CNS(=O)(=O)NC(=O)c1ccc(C#N)cc1. The van der Waals surface area contributed by atoms with Crippen LogP contribution in [0.1, 0.15) is 15.9 Å². The second-order valence-corrected chi connectivity index (χ2v) is 4.45. The van der Waals surface area contributed by atoms with E-state index in [0.29, 0.717) is 5.56 Å². The third kappa shape index (κ3) is 3.05. The monoisotopic (exact) mass is 239 g/mol. The summed E-state index contributed by atoms with van der Waals surface area (Å²) in [5.74, 6) is -0.751. The molecule has 0 saturated carbocycles. The Labute approximate surface area is 93.1 Å². The van der Waals surface area contributed by atoms with Crippen molar-refractivity contribution in [2.45, 2.75) is 0 Å². The van der Waals surface area contributed by atoms with Crippen molar-refractivity contribution in [3.63, 3.8) is 0 Å². The van der Waals surface area contributed by atoms with E-state index in [2.05, 4.69) is 0 Å². The molecular formula is C9H9N3O3S. The molecule has 16 heavy (non-hydrogen) atoms. The Balaban J connectivity index is 2.87. The number of carbonyl (C=O) groups is 1. The van der Waals surface area contributed by atoms with E-state index in [4.69, 9.17) is 5.26 Å². The Morgan fingerprint density at radius 3 is 2.31 bits per heavy atom. The number of nitrogens with zero attached hydrogens (tertiary/aromatic N) is 1. The lowest BCUT2D eigenvalue weighted by Crippen LogP contribution is -2.38. The summed E-state index contributed by atoms with van der Waals surface area (Å²) in [5, 5.41) is 8.54. The molecule has 0 aromatic heterocycles. The van der Waals surface area contributed by atoms with Crippen molar-refractivity contribution in [3.8, 4) is 6.07 Å². The molecule has 0 bridgehead atoms. The number of nitriles is 1. The van der Waals surface area contributed by atoms with Crippen LogP contribution in [0.25, 0.3) is 0 Å². The van der Waals surface area contributed by atoms with Crippen molar-refractivity contribution >= 4 is 16.1 Å². The fraction of sp³-hybridized carbons (Fsp3) is 0.111. The molecule has 0 aliphatic carbocycles. The first-order chi connectivity index (χ1) is 7.48. The zero-order valence-electron chi connectivity index (χ0n) is 8.39. The van der Waals surface area contributed by atoms with Crippen LogP contribution in [0.3, 0.4) is 0 Å². The first kappa shape index (κ1) is 12.2. The molecule has 1 amide bonds. The molecule has 6 nitrogen and oxygen atoms in total. The number of hydrogen-bond donors (Lipinski definition) is 2. The molecule has 0 aliphatic heterocycles. The van der Waals surface area contributed by atoms with Crippen molar-refractivity contribution in [2.24, 2.45) is 0 Å². The van der Waals surface area contributed by atoms with Gasteiger partial charge in [0.25, 0.3) is 5.91 Å². The summed E-state index contributed by atoms with van der Waals surface area (Å²) >= 11 is 0. The van der Waals surface area contributed by atoms with E-state index in [0.717, 1.165) is 0 Å². The third-order valence-corrected chi connectivity index (χ3v) is 2.76. The van der Waals surface area contributed by atoms with E-state index in [-0.39, 0.29) is 5.56 Å². The average Bonchev–Trinajstić information content (AvgIpc) is 2.28. The maximum absolute atomic E-state index is 11.4. The predicted octanol–water partition coefficient (Wildman–Crippen LogP) is -0.248. The van der Waals surface area contributed by atoms with Gasteiger partial charge in [0.1, 0.15) is 0 Å². The minimum Gasteiger partial charge on any atom is -0.268 e. The topological polar surface area (TPSA) is 99.1 Å². The van der Waals surface area contributed by atoms with Crippen LogP contribution in [-0.4, -0.2) is 21.4 Å². The lowest BCUT2D eigenvalue weighted by Gasteiger charge is -2.04. The van der Waals surface area contributed by atoms with Crippen LogP contribution in [0, 0.1) is 11.3 Å². The quantitative estimate of drug-likeness (QED) is 0.759. The van der Waals surface area contributed by atoms with Crippen LogP contribution >= 0.6 is 0 Å². The molecule has 1 aromatic carbocycles. The molecule has 84 valence electrons. The highest BCUT2D eigenvalue weighted by Gasteiger charge is 2.13. The van der Waals surface area contributed by atoms with Crippen molar-refractivity contribution in [3.05, 3.63) is 35.4 Å². The highest BCUT2D eigenvalue weighted by Crippen LogP contribution is 2.03. The minimum absolute atomic E-state index is 0.165. The minimum atomic E-state index is -3.80. The zero-order valence-corrected chi connectivity index (χ0v) is 9.21. The Morgan fingerprint density at radius 1 is 1.31 bits per heavy atom. The van der Waals surface area contributed by atoms with E-state index >= 15 is 0 Å². The molecule has 7 heteroatoms. The maximum atomic E-state index is 11.4. The van der Waals surface area contributed by atoms with Crippen LogP contribution in [0.2, 0.25) is 0 Å². The first-order valence-electron chi connectivity index (χ1n) is 4.24. The second kappa shape index (κ2) is 4.74. The molecule has 0 unspecified atom stereocenters. The summed E-state index contributed by atoms with van der Waals surface area (Å²) in [7, 11) is -2.61. The van der Waals surface area contributed by atoms with Crippen molar-refractivity contribution in [1.82, 2.24) is 9.44 Å². The molecule has 2 N–H and O–H groups in total. The summed E-state index contributed by atoms with van der Waals surface area (Å²) in [6.45, 7) is 0. The van der Waals surface area contributed by atoms with Gasteiger partial charge in [0.15, 0.2) is 0 Å². The van der Waals surface area contributed by atoms with Gasteiger partial charge in [0, 0.05) is 12.6 Å². The molecule has 0 saturated heterocycles. The summed E-state index contributed by atoms with van der Waals surface area (Å²) in [6.07, 6.45) is 0. The van der Waals surface area contributed by atoms with E-state index in [9.17, 15) is 13.2 Å². The smallest absolute Gasteiger partial charge is 0.268 e. The van der Waals surface area contributed by atoms with Crippen molar-refractivity contribution in [2.75, 3.05) is 7.05 Å². The van der Waals surface area contributed by atoms with Gasteiger partial charge in [-0.2, -0.15) is 13.7 Å². The summed E-state index contributed by atoms with van der Waals surface area (Å²) in [5.41, 5.74) is 0.561. The fourth-order valence-corrected chi connectivity index (χ4v) is 1.39. The highest BCUT2D eigenvalue weighted by atomic mass is 32.2. The Hall–Kier alpha value is -1.91. The highest BCUT2D eigenvalue weighted by molar-refractivity contribution is 7.88. The third-order valence-electron chi connectivity index (χ3n) is 1.77. The summed E-state index contributed by atoms with van der Waals surface area (Å²) < 4.78 is 25.8. The van der Waals surface area contributed by atoms with Crippen molar-refractivity contribution in [1.29, 1.82) is 5.26 Å². The molecule has 0 aliphatic rings. The Morgan fingerprint density at radius 2 is 1.88 bits per heavy atom. The predicted molar refractivity (Wildman–Crippen MR) is 56.6 cm³/mol. The molecule has 0 spiro atoms. The number of carbonyl (C=O) groups excluding carboxylic acids is 1. The van der Waals surface area contributed by atoms with Gasteiger partial charge in [-0.25, -0.2) is 9.44 Å². The fourth-order valence-electron chi connectivity index (χ4n) is 0.928. The number of amides is 1. The molecule has 1 rings (SSSR count). The van der Waals surface area contributed by atoms with Crippen molar-refractivity contribution < 1.29 is 13.2 Å². The van der Waals surface area contributed by atoms with Gasteiger partial charge in [-0.3, -0.25) is 4.79 Å². The van der Waals surface area contributed by atoms with Crippen LogP contribution in [0.4, 0.5) is 0 Å². The number of rotatable bonds is 3. The zero-order chi connectivity index (χ0) is 12.2. The molecule has 0 fully saturated rings. The van der Waals surface area contributed by atoms with Gasteiger partial charge in [-0.15, -0.1) is 0 Å². The number of nitrogens with one attached hydrogen (secondary N) is 2. The van der Waals surface area contributed by atoms with Gasteiger partial charge in [-0.1, -0.05) is 0 Å². The van der Waals surface area contributed by atoms with Crippen LogP contribution in [-0.2, 0) is 10.2 Å². The summed E-state index contributed by atoms with van der Waals surface area (Å²) in [4.78, 5) is 11.4. The molecule has 0 heterocycles. The van der Waals surface area contributed by atoms with Gasteiger partial charge in [0.2, 0.25) is 0 Å². The lowest BCUT2D eigenvalue weighted by atomic mass is 10.1. The normalized spacial score (nSPS) is 10.5. The van der Waals surface area contributed by atoms with Crippen LogP contribution < -0.4 is 9.44 Å². The Bertz CT molecular complexity index is 528. The second-order valence-electron chi connectivity index (χ2n) is 2.83. The largest absolute Gasteiger partial charge is 0.301 e. The first-order valence-corrected chi connectivity index (χ1v) is 5.72. The molecule has 0 radical (unpaired) electrons. The standard InChI is InChI=1S/C9H9N3O3S/c1-11-16(14,15)12-9(13)8-4-2-7(6-10)3-5-8/h2-5,11H,1H3,(H,12,13). The van der Waals surface area contributed by atoms with Crippen LogP contribution in [0.15, 0.2) is 24.3 Å². The lowest BCUT2D eigenvalue weighted by molar-refractivity contribution is 0.0981. The number of benzene rings is 1. The van der Waals surface area contributed by atoms with Gasteiger partial charge >= 0.3 is 10.2 Å². The van der Waals surface area contributed by atoms with Gasteiger partial charge < -0.3 is 0 Å². The average molecular weight is 239 g/mol. The molecule has 0 atom stereocenters. The van der Waals surface area contributed by atoms with E-state index in [1.165, 1.54) is 31.3 Å². The molecular weight excluding hydrogens is 230 g/mol. The van der Waals surface area contributed by atoms with Gasteiger partial charge in [-0.05, 0) is 24.3 Å². The van der Waals surface area contributed by atoms with E-state index in [1.54, 1.807) is 4.72 Å². The van der Waals surface area contributed by atoms with Crippen LogP contribution in [0.5, 0.6) is 0 Å². The summed E-state index contributed by atoms with van der Waals surface area (Å²) in [6, 6.07) is 7.50. The van der Waals surface area contributed by atoms with E-state index < -0.39 is 16.1 Å². The van der Waals surface area contributed by atoms with Gasteiger partial charge in [0.05, 0.1) is 11.6 Å². The maximum Gasteiger partial charge on any atom is 0.301 e.